The molecule has 0 amide bonds. The van der Waals surface area contributed by atoms with Crippen LogP contribution in [0.25, 0.3) is 62.2 Å². The largest absolute Gasteiger partial charge is 0.504 e. The molecular formula is C46H36N2O2S3. The number of hydrogen-bond acceptors (Lipinski definition) is 6. The van der Waals surface area contributed by atoms with E-state index in [1.165, 1.54) is 57.8 Å². The van der Waals surface area contributed by atoms with Crippen molar-refractivity contribution in [3.8, 4) is 51.9 Å². The Morgan fingerprint density at radius 3 is 1.53 bits per heavy atom. The molecule has 0 aliphatic carbocycles. The number of aromatic hydroxyl groups is 2. The van der Waals surface area contributed by atoms with Crippen LogP contribution >= 0.6 is 34.0 Å². The quantitative estimate of drug-likeness (QED) is 0.137. The van der Waals surface area contributed by atoms with Crippen LogP contribution < -0.4 is 4.90 Å². The molecule has 53 heavy (non-hydrogen) atoms. The number of unbranched alkanes of at least 4 members (excludes halogenated alkanes) is 1. The third-order valence-electron chi connectivity index (χ3n) is 9.72. The number of nitrogens with zero attached hydrogens (tertiary/aromatic N) is 2. The number of benzene rings is 5. The minimum Gasteiger partial charge on any atom is -0.504 e. The van der Waals surface area contributed by atoms with Gasteiger partial charge in [-0.15, -0.1) is 34.0 Å². The highest BCUT2D eigenvalue weighted by Gasteiger charge is 2.18. The number of thiophene rings is 3. The summed E-state index contributed by atoms with van der Waals surface area (Å²) in [5, 5.41) is 22.3. The second kappa shape index (κ2) is 14.1. The van der Waals surface area contributed by atoms with Crippen LogP contribution in [-0.2, 0) is 6.54 Å². The third-order valence-corrected chi connectivity index (χ3v) is 13.5. The van der Waals surface area contributed by atoms with E-state index in [-0.39, 0.29) is 11.5 Å². The molecule has 0 spiro atoms. The van der Waals surface area contributed by atoms with Gasteiger partial charge in [-0.05, 0) is 115 Å². The molecule has 0 aliphatic rings. The molecule has 4 heterocycles. The van der Waals surface area contributed by atoms with Crippen LogP contribution in [-0.4, -0.2) is 14.8 Å². The third kappa shape index (κ3) is 6.31. The van der Waals surface area contributed by atoms with Crippen molar-refractivity contribution in [3.05, 3.63) is 152 Å². The maximum Gasteiger partial charge on any atom is 0.158 e. The zero-order chi connectivity index (χ0) is 35.9. The number of aromatic nitrogens is 1. The zero-order valence-corrected chi connectivity index (χ0v) is 31.5. The van der Waals surface area contributed by atoms with Crippen LogP contribution in [0.4, 0.5) is 17.1 Å². The highest BCUT2D eigenvalue weighted by atomic mass is 32.1. The van der Waals surface area contributed by atoms with Crippen molar-refractivity contribution in [2.24, 2.45) is 0 Å². The van der Waals surface area contributed by atoms with Crippen molar-refractivity contribution >= 4 is 72.9 Å². The number of anilines is 3. The Morgan fingerprint density at radius 1 is 0.472 bits per heavy atom. The molecule has 0 atom stereocenters. The van der Waals surface area contributed by atoms with Crippen molar-refractivity contribution in [1.82, 2.24) is 4.57 Å². The van der Waals surface area contributed by atoms with Gasteiger partial charge in [0, 0.05) is 69.2 Å². The van der Waals surface area contributed by atoms with E-state index in [9.17, 15) is 10.2 Å². The Kier molecular flexibility index (Phi) is 8.84. The first-order valence-electron chi connectivity index (χ1n) is 17.8. The molecule has 9 aromatic rings. The van der Waals surface area contributed by atoms with E-state index in [1.54, 1.807) is 28.7 Å². The van der Waals surface area contributed by atoms with Crippen LogP contribution in [0.3, 0.4) is 0 Å². The number of hydrogen-bond donors (Lipinski definition) is 2. The molecule has 0 radical (unpaired) electrons. The lowest BCUT2D eigenvalue weighted by Gasteiger charge is -2.25. The second-order valence-electron chi connectivity index (χ2n) is 13.1. The number of phenolic OH excluding ortho intramolecular Hbond substituents is 2. The van der Waals surface area contributed by atoms with Gasteiger partial charge in [-0.3, -0.25) is 0 Å². The van der Waals surface area contributed by atoms with Crippen molar-refractivity contribution in [3.63, 3.8) is 0 Å². The van der Waals surface area contributed by atoms with E-state index in [2.05, 4.69) is 150 Å². The van der Waals surface area contributed by atoms with E-state index in [0.717, 1.165) is 46.9 Å². The minimum atomic E-state index is -0.105. The van der Waals surface area contributed by atoms with Gasteiger partial charge in [0.25, 0.3) is 0 Å². The predicted molar refractivity (Wildman–Crippen MR) is 228 cm³/mol. The maximum atomic E-state index is 9.99. The monoisotopic (exact) mass is 744 g/mol. The van der Waals surface area contributed by atoms with Crippen LogP contribution in [0.1, 0.15) is 19.8 Å². The number of fused-ring (bicyclic) bond motifs is 3. The molecule has 0 bridgehead atoms. The Balaban J connectivity index is 1.05. The normalized spacial score (nSPS) is 11.5. The van der Waals surface area contributed by atoms with Gasteiger partial charge in [-0.1, -0.05) is 67.9 Å². The molecule has 4 aromatic heterocycles. The summed E-state index contributed by atoms with van der Waals surface area (Å²) in [5.74, 6) is -0.208. The summed E-state index contributed by atoms with van der Waals surface area (Å²) in [6, 6.07) is 53.3. The Labute approximate surface area is 320 Å². The average molecular weight is 745 g/mol. The smallest absolute Gasteiger partial charge is 0.158 e. The lowest BCUT2D eigenvalue weighted by atomic mass is 10.1. The molecule has 0 fully saturated rings. The summed E-state index contributed by atoms with van der Waals surface area (Å²) < 4.78 is 2.53. The number of para-hydroxylation sites is 2. The molecule has 4 nitrogen and oxygen atoms in total. The SMILES string of the molecule is CCCCn1c2cc(-c3ccc(-c4ccc(-c5ccc(-c6ccc(O)c(O)c6)s5)s4)s3)ccc2c2ccc(N(c3ccccc3)c3ccccc3)cc21. The lowest BCUT2D eigenvalue weighted by Crippen LogP contribution is -2.09. The first-order valence-corrected chi connectivity index (χ1v) is 20.3. The molecule has 9 rings (SSSR count). The number of aryl methyl sites for hydroxylation is 1. The van der Waals surface area contributed by atoms with Crippen LogP contribution in [0.15, 0.2) is 152 Å². The van der Waals surface area contributed by atoms with Gasteiger partial charge in [0.05, 0.1) is 5.52 Å². The fourth-order valence-corrected chi connectivity index (χ4v) is 10.3. The molecule has 0 aliphatic heterocycles. The number of phenols is 2. The summed E-state index contributed by atoms with van der Waals surface area (Å²) in [7, 11) is 0. The first-order chi connectivity index (χ1) is 26.0. The molecule has 7 heteroatoms. The van der Waals surface area contributed by atoms with Crippen molar-refractivity contribution in [2.45, 2.75) is 26.3 Å². The highest BCUT2D eigenvalue weighted by molar-refractivity contribution is 7.27. The molecule has 0 saturated carbocycles. The zero-order valence-electron chi connectivity index (χ0n) is 29.1. The van der Waals surface area contributed by atoms with Gasteiger partial charge in [0.15, 0.2) is 11.5 Å². The highest BCUT2D eigenvalue weighted by Crippen LogP contribution is 2.45. The van der Waals surface area contributed by atoms with E-state index < -0.39 is 0 Å². The fraction of sp³-hybridized carbons (Fsp3) is 0.0870. The van der Waals surface area contributed by atoms with Gasteiger partial charge in [0.1, 0.15) is 0 Å². The standard InChI is InChI=1S/C46H36N2O2S3/c1-2-3-26-47-37-27-30(14-17-35(37)36-18-16-34(29-38(36)47)48(32-10-6-4-7-11-32)33-12-8-5-9-13-33)41-20-22-43(51-41)45-24-25-46(53-45)44-23-21-42(52-44)31-15-19-39(49)40(50)28-31/h4-25,27-29,49-50H,2-3,26H2,1H3. The van der Waals surface area contributed by atoms with Crippen LogP contribution in [0, 0.1) is 0 Å². The first kappa shape index (κ1) is 33.3. The Hall–Kier alpha value is -5.60. The minimum absolute atomic E-state index is 0.103. The van der Waals surface area contributed by atoms with Gasteiger partial charge >= 0.3 is 0 Å². The van der Waals surface area contributed by atoms with Crippen LogP contribution in [0.5, 0.6) is 11.5 Å². The second-order valence-corrected chi connectivity index (χ2v) is 16.4. The number of rotatable bonds is 10. The van der Waals surface area contributed by atoms with E-state index in [1.807, 2.05) is 17.4 Å². The summed E-state index contributed by atoms with van der Waals surface area (Å²) in [6.45, 7) is 3.23. The lowest BCUT2D eigenvalue weighted by molar-refractivity contribution is 0.404. The molecule has 0 saturated heterocycles. The molecular weight excluding hydrogens is 709 g/mol. The summed E-state index contributed by atoms with van der Waals surface area (Å²) in [4.78, 5) is 9.56. The Morgan fingerprint density at radius 2 is 0.962 bits per heavy atom. The molecule has 2 N–H and O–H groups in total. The van der Waals surface area contributed by atoms with Gasteiger partial charge in [0.2, 0.25) is 0 Å². The van der Waals surface area contributed by atoms with Gasteiger partial charge in [-0.25, -0.2) is 0 Å². The molecule has 0 unspecified atom stereocenters. The van der Waals surface area contributed by atoms with E-state index >= 15 is 0 Å². The van der Waals surface area contributed by atoms with E-state index in [0.29, 0.717) is 0 Å². The summed E-state index contributed by atoms with van der Waals surface area (Å²) in [6.07, 6.45) is 2.24. The van der Waals surface area contributed by atoms with Gasteiger partial charge in [-0.2, -0.15) is 0 Å². The average Bonchev–Trinajstić information content (AvgIpc) is 4.02. The van der Waals surface area contributed by atoms with Crippen molar-refractivity contribution in [2.75, 3.05) is 4.90 Å². The maximum absolute atomic E-state index is 9.99. The van der Waals surface area contributed by atoms with Gasteiger partial charge < -0.3 is 19.7 Å². The summed E-state index contributed by atoms with van der Waals surface area (Å²) in [5.41, 5.74) is 8.09. The Bertz CT molecular complexity index is 2660. The molecule has 5 aromatic carbocycles. The topological polar surface area (TPSA) is 48.6 Å². The van der Waals surface area contributed by atoms with Crippen LogP contribution in [0.2, 0.25) is 0 Å². The fourth-order valence-electron chi connectivity index (χ4n) is 7.06. The van der Waals surface area contributed by atoms with Crippen molar-refractivity contribution < 1.29 is 10.2 Å². The summed E-state index contributed by atoms with van der Waals surface area (Å²) >= 11 is 5.33. The molecule has 260 valence electrons. The van der Waals surface area contributed by atoms with E-state index in [4.69, 9.17) is 0 Å². The van der Waals surface area contributed by atoms with Crippen molar-refractivity contribution in [1.29, 1.82) is 0 Å². The predicted octanol–water partition coefficient (Wildman–Crippen LogP) is 14.3.